The molecule has 0 saturated carbocycles. The first kappa shape index (κ1) is 14.2. The number of nitrogens with two attached hydrogens (primary N) is 1. The van der Waals surface area contributed by atoms with Gasteiger partial charge in [0.15, 0.2) is 5.60 Å². The summed E-state index contributed by atoms with van der Waals surface area (Å²) in [6, 6.07) is 4.34. The first-order chi connectivity index (χ1) is 8.90. The Labute approximate surface area is 116 Å². The normalized spacial score (nSPS) is 24.4. The van der Waals surface area contributed by atoms with Gasteiger partial charge in [-0.15, -0.1) is 0 Å². The Morgan fingerprint density at radius 2 is 2.32 bits per heavy atom. The smallest absolute Gasteiger partial charge is 0.250 e. The highest BCUT2D eigenvalue weighted by Gasteiger charge is 2.38. The molecule has 19 heavy (non-hydrogen) atoms. The number of aliphatic hydroxyl groups is 1. The molecule has 1 aromatic carbocycles. The van der Waals surface area contributed by atoms with E-state index in [4.69, 9.17) is 17.3 Å². The first-order valence-corrected chi connectivity index (χ1v) is 6.47. The maximum absolute atomic E-state index is 13.6. The number of halogens is 2. The lowest BCUT2D eigenvalue weighted by molar-refractivity contribution is -0.142. The van der Waals surface area contributed by atoms with Crippen molar-refractivity contribution in [3.63, 3.8) is 0 Å². The number of nitrogens with zero attached hydrogens (tertiary/aromatic N) is 1. The average molecular weight is 287 g/mol. The first-order valence-electron chi connectivity index (χ1n) is 6.09. The minimum Gasteiger partial charge on any atom is -0.379 e. The summed E-state index contributed by atoms with van der Waals surface area (Å²) in [5.41, 5.74) is 4.13. The number of β-amino-alcohol motifs (C(OH)–C–C–N with tert-alkyl or cyclic N) is 1. The van der Waals surface area contributed by atoms with Crippen LogP contribution >= 0.6 is 11.6 Å². The Kier molecular flexibility index (Phi) is 4.08. The van der Waals surface area contributed by atoms with Gasteiger partial charge in [0.1, 0.15) is 5.82 Å². The molecule has 0 aromatic heterocycles. The molecule has 2 rings (SSSR count). The van der Waals surface area contributed by atoms with Gasteiger partial charge >= 0.3 is 0 Å². The van der Waals surface area contributed by atoms with Gasteiger partial charge in [0.25, 0.3) is 5.91 Å². The van der Waals surface area contributed by atoms with Gasteiger partial charge in [0.05, 0.1) is 0 Å². The number of piperidine rings is 1. The van der Waals surface area contributed by atoms with Gasteiger partial charge < -0.3 is 10.8 Å². The molecule has 0 unspecified atom stereocenters. The molecule has 1 saturated heterocycles. The van der Waals surface area contributed by atoms with Crippen molar-refractivity contribution < 1.29 is 14.3 Å². The molecule has 1 heterocycles. The molecule has 3 N–H and O–H groups in total. The summed E-state index contributed by atoms with van der Waals surface area (Å²) >= 11 is 5.83. The van der Waals surface area contributed by atoms with Gasteiger partial charge in [-0.3, -0.25) is 9.69 Å². The molecule has 1 aliphatic heterocycles. The van der Waals surface area contributed by atoms with Crippen molar-refractivity contribution in [1.29, 1.82) is 0 Å². The number of hydrogen-bond acceptors (Lipinski definition) is 3. The molecule has 0 radical (unpaired) electrons. The zero-order valence-corrected chi connectivity index (χ0v) is 11.2. The van der Waals surface area contributed by atoms with Gasteiger partial charge in [-0.25, -0.2) is 4.39 Å². The van der Waals surface area contributed by atoms with Crippen molar-refractivity contribution in [2.75, 3.05) is 13.1 Å². The number of amides is 1. The van der Waals surface area contributed by atoms with E-state index < -0.39 is 11.5 Å². The van der Waals surface area contributed by atoms with Crippen LogP contribution in [0.2, 0.25) is 5.02 Å². The lowest BCUT2D eigenvalue weighted by Gasteiger charge is -2.37. The maximum atomic E-state index is 13.6. The Bertz CT molecular complexity index is 498. The highest BCUT2D eigenvalue weighted by Crippen LogP contribution is 2.24. The van der Waals surface area contributed by atoms with Crippen LogP contribution in [0.25, 0.3) is 0 Å². The standard InChI is InChI=1S/C13H16ClFN2O2/c14-10-2-3-11(15)9(6-10)7-17-5-1-4-13(19,8-17)12(16)18/h2-3,6,19H,1,4-5,7-8H2,(H2,16,18)/t13-/m0/s1. The molecule has 6 heteroatoms. The largest absolute Gasteiger partial charge is 0.379 e. The molecular formula is C13H16ClFN2O2. The van der Waals surface area contributed by atoms with E-state index in [0.717, 1.165) is 0 Å². The van der Waals surface area contributed by atoms with Gasteiger partial charge in [-0.1, -0.05) is 11.6 Å². The van der Waals surface area contributed by atoms with E-state index in [-0.39, 0.29) is 12.4 Å². The van der Waals surface area contributed by atoms with Crippen LogP contribution in [0.15, 0.2) is 18.2 Å². The van der Waals surface area contributed by atoms with E-state index in [1.807, 2.05) is 4.90 Å². The summed E-state index contributed by atoms with van der Waals surface area (Å²) in [4.78, 5) is 13.1. The summed E-state index contributed by atoms with van der Waals surface area (Å²) in [5, 5.41) is 10.5. The zero-order valence-electron chi connectivity index (χ0n) is 10.4. The van der Waals surface area contributed by atoms with Crippen LogP contribution in [0.4, 0.5) is 4.39 Å². The molecule has 0 bridgehead atoms. The lowest BCUT2D eigenvalue weighted by Crippen LogP contribution is -2.55. The predicted octanol–water partition coefficient (Wildman–Crippen LogP) is 1.29. The summed E-state index contributed by atoms with van der Waals surface area (Å²) < 4.78 is 13.6. The molecule has 1 aromatic rings. The van der Waals surface area contributed by atoms with Crippen LogP contribution in [-0.2, 0) is 11.3 Å². The van der Waals surface area contributed by atoms with Gasteiger partial charge in [0.2, 0.25) is 0 Å². The highest BCUT2D eigenvalue weighted by molar-refractivity contribution is 6.30. The molecule has 1 atom stereocenters. The Hall–Kier alpha value is -1.17. The zero-order chi connectivity index (χ0) is 14.0. The van der Waals surface area contributed by atoms with Crippen LogP contribution < -0.4 is 5.73 Å². The SMILES string of the molecule is NC(=O)[C@]1(O)CCCN(Cc2cc(Cl)ccc2F)C1. The second kappa shape index (κ2) is 5.45. The average Bonchev–Trinajstić information content (AvgIpc) is 2.34. The van der Waals surface area contributed by atoms with E-state index >= 15 is 0 Å². The van der Waals surface area contributed by atoms with E-state index in [1.165, 1.54) is 12.1 Å². The number of likely N-dealkylation sites (tertiary alicyclic amines) is 1. The summed E-state index contributed by atoms with van der Waals surface area (Å²) in [7, 11) is 0. The van der Waals surface area contributed by atoms with E-state index in [0.29, 0.717) is 36.5 Å². The van der Waals surface area contributed by atoms with E-state index in [1.54, 1.807) is 6.07 Å². The molecular weight excluding hydrogens is 271 g/mol. The number of carbonyl (C=O) groups is 1. The summed E-state index contributed by atoms with van der Waals surface area (Å²) in [5.74, 6) is -1.08. The number of carbonyl (C=O) groups excluding carboxylic acids is 1. The van der Waals surface area contributed by atoms with E-state index in [2.05, 4.69) is 0 Å². The maximum Gasteiger partial charge on any atom is 0.250 e. The topological polar surface area (TPSA) is 66.6 Å². The molecule has 1 fully saturated rings. The molecule has 104 valence electrons. The lowest BCUT2D eigenvalue weighted by atomic mass is 9.92. The molecule has 4 nitrogen and oxygen atoms in total. The molecule has 0 aliphatic carbocycles. The third-order valence-corrected chi connectivity index (χ3v) is 3.65. The summed E-state index contributed by atoms with van der Waals surface area (Å²) in [6.45, 7) is 1.10. The third-order valence-electron chi connectivity index (χ3n) is 3.41. The minimum atomic E-state index is -1.52. The van der Waals surface area contributed by atoms with Crippen molar-refractivity contribution in [3.8, 4) is 0 Å². The van der Waals surface area contributed by atoms with Gasteiger partial charge in [-0.2, -0.15) is 0 Å². The number of rotatable bonds is 3. The van der Waals surface area contributed by atoms with Crippen LogP contribution in [0.1, 0.15) is 18.4 Å². The molecule has 1 amide bonds. The summed E-state index contributed by atoms with van der Waals surface area (Å²) in [6.07, 6.45) is 0.985. The van der Waals surface area contributed by atoms with Crippen molar-refractivity contribution >= 4 is 17.5 Å². The van der Waals surface area contributed by atoms with Gasteiger partial charge in [0, 0.05) is 23.7 Å². The predicted molar refractivity (Wildman–Crippen MR) is 70.1 cm³/mol. The second-order valence-electron chi connectivity index (χ2n) is 4.95. The number of benzene rings is 1. The van der Waals surface area contributed by atoms with Crippen LogP contribution in [0.3, 0.4) is 0 Å². The number of hydrogen-bond donors (Lipinski definition) is 2. The monoisotopic (exact) mass is 286 g/mol. The van der Waals surface area contributed by atoms with Crippen LogP contribution in [-0.4, -0.2) is 34.6 Å². The van der Waals surface area contributed by atoms with Crippen molar-refractivity contribution in [2.45, 2.75) is 25.0 Å². The Balaban J connectivity index is 2.11. The third kappa shape index (κ3) is 3.23. The fourth-order valence-electron chi connectivity index (χ4n) is 2.36. The van der Waals surface area contributed by atoms with Crippen molar-refractivity contribution in [2.24, 2.45) is 5.73 Å². The fraction of sp³-hybridized carbons (Fsp3) is 0.462. The Morgan fingerprint density at radius 3 is 3.00 bits per heavy atom. The van der Waals surface area contributed by atoms with Crippen LogP contribution in [0, 0.1) is 5.82 Å². The molecule has 0 spiro atoms. The van der Waals surface area contributed by atoms with Crippen LogP contribution in [0.5, 0.6) is 0 Å². The van der Waals surface area contributed by atoms with E-state index in [9.17, 15) is 14.3 Å². The Morgan fingerprint density at radius 1 is 1.58 bits per heavy atom. The van der Waals surface area contributed by atoms with Crippen molar-refractivity contribution in [3.05, 3.63) is 34.6 Å². The highest BCUT2D eigenvalue weighted by atomic mass is 35.5. The molecule has 1 aliphatic rings. The number of primary amides is 1. The van der Waals surface area contributed by atoms with Crippen molar-refractivity contribution in [1.82, 2.24) is 4.90 Å². The van der Waals surface area contributed by atoms with Gasteiger partial charge in [-0.05, 0) is 37.6 Å². The minimum absolute atomic E-state index is 0.119. The quantitative estimate of drug-likeness (QED) is 0.880. The fourth-order valence-corrected chi connectivity index (χ4v) is 2.56. The second-order valence-corrected chi connectivity index (χ2v) is 5.38.